The van der Waals surface area contributed by atoms with Gasteiger partial charge in [0.25, 0.3) is 0 Å². The highest BCUT2D eigenvalue weighted by molar-refractivity contribution is 5.87. The molecule has 2 rings (SSSR count). The fourth-order valence-electron chi connectivity index (χ4n) is 3.02. The molecule has 3 amide bonds. The third-order valence-corrected chi connectivity index (χ3v) is 4.58. The molecule has 0 aliphatic rings. The van der Waals surface area contributed by atoms with Gasteiger partial charge in [0.05, 0.1) is 6.04 Å². The summed E-state index contributed by atoms with van der Waals surface area (Å²) in [7, 11) is 0. The van der Waals surface area contributed by atoms with Crippen molar-refractivity contribution in [1.82, 2.24) is 16.0 Å². The van der Waals surface area contributed by atoms with Crippen LogP contribution in [0, 0.1) is 12.7 Å². The minimum absolute atomic E-state index is 0.155. The molecule has 0 fully saturated rings. The number of benzene rings is 2. The van der Waals surface area contributed by atoms with Crippen LogP contribution in [0.3, 0.4) is 0 Å². The van der Waals surface area contributed by atoms with Crippen molar-refractivity contribution in [3.05, 3.63) is 71.0 Å². The first-order chi connectivity index (χ1) is 13.4. The van der Waals surface area contributed by atoms with Crippen molar-refractivity contribution in [2.75, 3.05) is 0 Å². The van der Waals surface area contributed by atoms with E-state index in [1.807, 2.05) is 45.0 Å². The first kappa shape index (κ1) is 21.4. The standard InChI is InChI=1S/C22H28FN3O2/c1-4-7-20(21(27)25-16(3)19-9-6-5-8-15(19)2)26-22(28)24-14-17-10-12-18(23)13-11-17/h5-6,8-13,16,20H,4,7,14H2,1-3H3,(H,25,27)(H2,24,26,28). The fraction of sp³-hybridized carbons (Fsp3) is 0.364. The summed E-state index contributed by atoms with van der Waals surface area (Å²) in [5.74, 6) is -0.537. The zero-order valence-corrected chi connectivity index (χ0v) is 16.6. The number of carbonyl (C=O) groups excluding carboxylic acids is 2. The topological polar surface area (TPSA) is 70.2 Å². The molecule has 2 aromatic carbocycles. The molecule has 0 aromatic heterocycles. The molecule has 3 N–H and O–H groups in total. The molecule has 2 unspecified atom stereocenters. The maximum Gasteiger partial charge on any atom is 0.315 e. The van der Waals surface area contributed by atoms with E-state index in [0.717, 1.165) is 23.1 Å². The molecule has 0 saturated heterocycles. The Kier molecular flexibility index (Phi) is 7.99. The molecule has 0 radical (unpaired) electrons. The van der Waals surface area contributed by atoms with Gasteiger partial charge < -0.3 is 16.0 Å². The first-order valence-corrected chi connectivity index (χ1v) is 9.55. The second-order valence-electron chi connectivity index (χ2n) is 6.88. The Morgan fingerprint density at radius 1 is 1.04 bits per heavy atom. The van der Waals surface area contributed by atoms with Gasteiger partial charge in [-0.15, -0.1) is 0 Å². The molecular formula is C22H28FN3O2. The second-order valence-corrected chi connectivity index (χ2v) is 6.88. The van der Waals surface area contributed by atoms with Gasteiger partial charge in [-0.3, -0.25) is 4.79 Å². The van der Waals surface area contributed by atoms with E-state index in [-0.39, 0.29) is 24.3 Å². The van der Waals surface area contributed by atoms with E-state index in [9.17, 15) is 14.0 Å². The lowest BCUT2D eigenvalue weighted by atomic mass is 10.0. The third-order valence-electron chi connectivity index (χ3n) is 4.58. The molecule has 0 aliphatic heterocycles. The number of rotatable bonds is 8. The van der Waals surface area contributed by atoms with E-state index in [0.29, 0.717) is 6.42 Å². The lowest BCUT2D eigenvalue weighted by molar-refractivity contribution is -0.123. The van der Waals surface area contributed by atoms with Gasteiger partial charge in [0.1, 0.15) is 11.9 Å². The van der Waals surface area contributed by atoms with Crippen molar-refractivity contribution in [3.63, 3.8) is 0 Å². The van der Waals surface area contributed by atoms with Gasteiger partial charge in [-0.1, -0.05) is 49.7 Å². The molecule has 0 heterocycles. The molecule has 0 bridgehead atoms. The van der Waals surface area contributed by atoms with E-state index in [1.165, 1.54) is 12.1 Å². The van der Waals surface area contributed by atoms with Crippen molar-refractivity contribution in [1.29, 1.82) is 0 Å². The van der Waals surface area contributed by atoms with Crippen LogP contribution in [0.5, 0.6) is 0 Å². The van der Waals surface area contributed by atoms with Crippen molar-refractivity contribution < 1.29 is 14.0 Å². The maximum absolute atomic E-state index is 12.9. The smallest absolute Gasteiger partial charge is 0.315 e. The molecule has 0 spiro atoms. The summed E-state index contributed by atoms with van der Waals surface area (Å²) in [6, 6.07) is 12.6. The van der Waals surface area contributed by atoms with Crippen LogP contribution in [0.15, 0.2) is 48.5 Å². The van der Waals surface area contributed by atoms with Crippen molar-refractivity contribution in [3.8, 4) is 0 Å². The van der Waals surface area contributed by atoms with Gasteiger partial charge in [0.2, 0.25) is 5.91 Å². The summed E-state index contributed by atoms with van der Waals surface area (Å²) in [6.07, 6.45) is 1.30. The van der Waals surface area contributed by atoms with Crippen molar-refractivity contribution in [2.45, 2.75) is 52.2 Å². The fourth-order valence-corrected chi connectivity index (χ4v) is 3.02. The van der Waals surface area contributed by atoms with E-state index in [2.05, 4.69) is 16.0 Å². The Balaban J connectivity index is 1.91. The average molecular weight is 385 g/mol. The first-order valence-electron chi connectivity index (χ1n) is 9.55. The maximum atomic E-state index is 12.9. The van der Waals surface area contributed by atoms with E-state index < -0.39 is 12.1 Å². The molecule has 2 aromatic rings. The summed E-state index contributed by atoms with van der Waals surface area (Å²) in [5.41, 5.74) is 2.93. The van der Waals surface area contributed by atoms with Crippen LogP contribution in [0.25, 0.3) is 0 Å². The highest BCUT2D eigenvalue weighted by atomic mass is 19.1. The molecule has 6 heteroatoms. The number of halogens is 1. The van der Waals surface area contributed by atoms with Gasteiger partial charge in [0, 0.05) is 6.54 Å². The summed E-state index contributed by atoms with van der Waals surface area (Å²) >= 11 is 0. The quantitative estimate of drug-likeness (QED) is 0.643. The van der Waals surface area contributed by atoms with Crippen molar-refractivity contribution >= 4 is 11.9 Å². The van der Waals surface area contributed by atoms with Gasteiger partial charge >= 0.3 is 6.03 Å². The Morgan fingerprint density at radius 3 is 2.36 bits per heavy atom. The molecule has 28 heavy (non-hydrogen) atoms. The van der Waals surface area contributed by atoms with Gasteiger partial charge in [-0.25, -0.2) is 9.18 Å². The Morgan fingerprint density at radius 2 is 1.71 bits per heavy atom. The van der Waals surface area contributed by atoms with E-state index in [4.69, 9.17) is 0 Å². The minimum atomic E-state index is -0.621. The largest absolute Gasteiger partial charge is 0.348 e. The summed E-state index contributed by atoms with van der Waals surface area (Å²) < 4.78 is 12.9. The second kappa shape index (κ2) is 10.4. The number of urea groups is 1. The lowest BCUT2D eigenvalue weighted by Crippen LogP contribution is -2.50. The third kappa shape index (κ3) is 6.37. The Hall–Kier alpha value is -2.89. The molecule has 2 atom stereocenters. The van der Waals surface area contributed by atoms with Gasteiger partial charge in [0.15, 0.2) is 0 Å². The Bertz CT molecular complexity index is 793. The van der Waals surface area contributed by atoms with Gasteiger partial charge in [-0.2, -0.15) is 0 Å². The summed E-state index contributed by atoms with van der Waals surface area (Å²) in [6.45, 7) is 6.15. The highest BCUT2D eigenvalue weighted by Crippen LogP contribution is 2.17. The lowest BCUT2D eigenvalue weighted by Gasteiger charge is -2.22. The predicted octanol–water partition coefficient (Wildman–Crippen LogP) is 3.98. The van der Waals surface area contributed by atoms with Crippen LogP contribution in [0.4, 0.5) is 9.18 Å². The van der Waals surface area contributed by atoms with Crippen LogP contribution >= 0.6 is 0 Å². The zero-order valence-electron chi connectivity index (χ0n) is 16.6. The van der Waals surface area contributed by atoms with Gasteiger partial charge in [-0.05, 0) is 49.1 Å². The van der Waals surface area contributed by atoms with Crippen LogP contribution in [0.1, 0.15) is 49.4 Å². The molecule has 5 nitrogen and oxygen atoms in total. The van der Waals surface area contributed by atoms with E-state index >= 15 is 0 Å². The predicted molar refractivity (Wildman–Crippen MR) is 108 cm³/mol. The van der Waals surface area contributed by atoms with E-state index in [1.54, 1.807) is 12.1 Å². The highest BCUT2D eigenvalue weighted by Gasteiger charge is 2.22. The number of nitrogens with one attached hydrogen (secondary N) is 3. The molecular weight excluding hydrogens is 357 g/mol. The monoisotopic (exact) mass is 385 g/mol. The molecule has 150 valence electrons. The number of amides is 3. The van der Waals surface area contributed by atoms with Crippen LogP contribution < -0.4 is 16.0 Å². The van der Waals surface area contributed by atoms with Crippen LogP contribution in [-0.4, -0.2) is 18.0 Å². The number of aryl methyl sites for hydroxylation is 1. The number of hydrogen-bond donors (Lipinski definition) is 3. The van der Waals surface area contributed by atoms with Crippen molar-refractivity contribution in [2.24, 2.45) is 0 Å². The van der Waals surface area contributed by atoms with Crippen LogP contribution in [-0.2, 0) is 11.3 Å². The zero-order chi connectivity index (χ0) is 20.5. The minimum Gasteiger partial charge on any atom is -0.348 e. The summed E-state index contributed by atoms with van der Waals surface area (Å²) in [4.78, 5) is 24.9. The number of carbonyl (C=O) groups is 2. The average Bonchev–Trinajstić information content (AvgIpc) is 2.67. The number of hydrogen-bond acceptors (Lipinski definition) is 2. The Labute approximate surface area is 165 Å². The van der Waals surface area contributed by atoms with Crippen LogP contribution in [0.2, 0.25) is 0 Å². The summed E-state index contributed by atoms with van der Waals surface area (Å²) in [5, 5.41) is 8.42. The molecule has 0 aliphatic carbocycles. The molecule has 0 saturated carbocycles. The SMILES string of the molecule is CCCC(NC(=O)NCc1ccc(F)cc1)C(=O)NC(C)c1ccccc1C. The normalized spacial score (nSPS) is 12.7.